The Morgan fingerprint density at radius 3 is 2.12 bits per heavy atom. The minimum Gasteiger partial charge on any atom is -0.495 e. The summed E-state index contributed by atoms with van der Waals surface area (Å²) >= 11 is 1.29. The van der Waals surface area contributed by atoms with Gasteiger partial charge >= 0.3 is 0 Å². The van der Waals surface area contributed by atoms with Gasteiger partial charge in [0, 0.05) is 39.1 Å². The van der Waals surface area contributed by atoms with Crippen LogP contribution < -0.4 is 14.4 Å². The molecule has 0 atom stereocenters. The highest BCUT2D eigenvalue weighted by Crippen LogP contribution is 2.40. The van der Waals surface area contributed by atoms with Crippen LogP contribution in [0.5, 0.6) is 11.5 Å². The number of aromatic nitrogens is 2. The average molecular weight is 601 g/mol. The van der Waals surface area contributed by atoms with Gasteiger partial charge < -0.3 is 18.9 Å². The molecule has 0 aliphatic carbocycles. The number of rotatable bonds is 14. The van der Waals surface area contributed by atoms with E-state index in [1.165, 1.54) is 59.0 Å². The smallest absolute Gasteiger partial charge is 0.260 e. The first-order valence-corrected chi connectivity index (χ1v) is 14.9. The zero-order valence-electron chi connectivity index (χ0n) is 23.3. The van der Waals surface area contributed by atoms with Crippen LogP contribution in [0.4, 0.5) is 5.13 Å². The first-order valence-electron chi connectivity index (χ1n) is 12.7. The van der Waals surface area contributed by atoms with Gasteiger partial charge in [-0.15, -0.1) is 0 Å². The van der Waals surface area contributed by atoms with Crippen LogP contribution in [0.3, 0.4) is 0 Å². The highest BCUT2D eigenvalue weighted by molar-refractivity contribution is 7.89. The van der Waals surface area contributed by atoms with Crippen molar-refractivity contribution in [3.8, 4) is 11.5 Å². The first kappa shape index (κ1) is 30.3. The number of hydrogen-bond donors (Lipinski definition) is 0. The van der Waals surface area contributed by atoms with Crippen LogP contribution in [0.25, 0.3) is 10.2 Å². The van der Waals surface area contributed by atoms with Gasteiger partial charge in [-0.05, 0) is 48.5 Å². The molecule has 13 heteroatoms. The summed E-state index contributed by atoms with van der Waals surface area (Å²) < 4.78 is 49.8. The fourth-order valence-corrected chi connectivity index (χ4v) is 6.56. The molecule has 0 saturated heterocycles. The minimum atomic E-state index is -3.84. The van der Waals surface area contributed by atoms with Crippen molar-refractivity contribution in [2.45, 2.75) is 11.4 Å². The van der Waals surface area contributed by atoms with Gasteiger partial charge in [0.1, 0.15) is 21.7 Å². The number of methoxy groups -OCH3 is 4. The van der Waals surface area contributed by atoms with E-state index >= 15 is 0 Å². The Balaban J connectivity index is 1.70. The standard InChI is InChI=1S/C28H32N4O7S2/c1-36-17-15-31(16-18-37-2)41(34,35)22-10-8-20(9-11-22)27(33)32(19-21-7-5-6-14-29-21)28-30-25-23(38-3)12-13-24(39-4)26(25)40-28/h5-14H,15-19H2,1-4H3. The number of amides is 1. The van der Waals surface area contributed by atoms with Crippen molar-refractivity contribution in [2.75, 3.05) is 59.6 Å². The van der Waals surface area contributed by atoms with Crippen molar-refractivity contribution < 1.29 is 32.2 Å². The van der Waals surface area contributed by atoms with Gasteiger partial charge in [-0.2, -0.15) is 4.31 Å². The molecule has 4 rings (SSSR count). The average Bonchev–Trinajstić information content (AvgIpc) is 3.45. The largest absolute Gasteiger partial charge is 0.495 e. The van der Waals surface area contributed by atoms with Crippen molar-refractivity contribution in [1.29, 1.82) is 0 Å². The third-order valence-corrected chi connectivity index (χ3v) is 9.26. The zero-order chi connectivity index (χ0) is 29.4. The molecule has 0 saturated carbocycles. The van der Waals surface area contributed by atoms with E-state index in [9.17, 15) is 13.2 Å². The predicted molar refractivity (Wildman–Crippen MR) is 156 cm³/mol. The Morgan fingerprint density at radius 1 is 0.878 bits per heavy atom. The van der Waals surface area contributed by atoms with E-state index in [1.54, 1.807) is 38.6 Å². The molecule has 0 aliphatic rings. The van der Waals surface area contributed by atoms with Gasteiger partial charge in [0.05, 0.1) is 44.6 Å². The number of benzene rings is 2. The maximum absolute atomic E-state index is 13.9. The zero-order valence-corrected chi connectivity index (χ0v) is 24.9. The van der Waals surface area contributed by atoms with Crippen LogP contribution in [0, 0.1) is 0 Å². The summed E-state index contributed by atoms with van der Waals surface area (Å²) in [5, 5.41) is 0.417. The molecule has 2 aromatic carbocycles. The summed E-state index contributed by atoms with van der Waals surface area (Å²) in [5.74, 6) is 0.789. The molecule has 0 aliphatic heterocycles. The fourth-order valence-electron chi connectivity index (χ4n) is 4.08. The van der Waals surface area contributed by atoms with Crippen LogP contribution in [-0.2, 0) is 26.0 Å². The highest BCUT2D eigenvalue weighted by Gasteiger charge is 2.27. The molecule has 0 N–H and O–H groups in total. The van der Waals surface area contributed by atoms with Crippen LogP contribution in [0.1, 0.15) is 16.1 Å². The molecule has 0 unspecified atom stereocenters. The van der Waals surface area contributed by atoms with E-state index in [1.807, 2.05) is 12.1 Å². The van der Waals surface area contributed by atoms with Gasteiger partial charge in [0.15, 0.2) is 5.13 Å². The molecule has 41 heavy (non-hydrogen) atoms. The van der Waals surface area contributed by atoms with Crippen molar-refractivity contribution in [3.63, 3.8) is 0 Å². The Morgan fingerprint density at radius 2 is 1.54 bits per heavy atom. The normalized spacial score (nSPS) is 11.6. The number of pyridine rings is 1. The number of hydrogen-bond acceptors (Lipinski definition) is 10. The Kier molecular flexibility index (Phi) is 10.2. The van der Waals surface area contributed by atoms with Crippen LogP contribution in [0.15, 0.2) is 65.7 Å². The predicted octanol–water partition coefficient (Wildman–Crippen LogP) is 3.84. The topological polar surface area (TPSA) is 120 Å². The van der Waals surface area contributed by atoms with E-state index in [2.05, 4.69) is 4.98 Å². The molecule has 0 bridgehead atoms. The Hall–Kier alpha value is -3.62. The second-order valence-corrected chi connectivity index (χ2v) is 11.7. The van der Waals surface area contributed by atoms with Gasteiger partial charge in [-0.1, -0.05) is 17.4 Å². The molecular formula is C28H32N4O7S2. The second-order valence-electron chi connectivity index (χ2n) is 8.77. The Labute approximate surface area is 243 Å². The third kappa shape index (κ3) is 6.82. The second kappa shape index (κ2) is 13.8. The SMILES string of the molecule is COCCN(CCOC)S(=O)(=O)c1ccc(C(=O)N(Cc2ccccn2)c2nc3c(OC)ccc(OC)c3s2)cc1. The summed E-state index contributed by atoms with van der Waals surface area (Å²) in [7, 11) is 2.30. The summed E-state index contributed by atoms with van der Waals surface area (Å²) in [5.41, 5.74) is 1.52. The van der Waals surface area contributed by atoms with Crippen molar-refractivity contribution in [1.82, 2.24) is 14.3 Å². The van der Waals surface area contributed by atoms with Gasteiger partial charge in [0.25, 0.3) is 5.91 Å². The number of nitrogens with zero attached hydrogens (tertiary/aromatic N) is 4. The molecule has 218 valence electrons. The summed E-state index contributed by atoms with van der Waals surface area (Å²) in [6.07, 6.45) is 1.65. The fraction of sp³-hybridized carbons (Fsp3) is 0.321. The number of fused-ring (bicyclic) bond motifs is 1. The molecule has 11 nitrogen and oxygen atoms in total. The summed E-state index contributed by atoms with van der Waals surface area (Å²) in [6, 6.07) is 14.9. The van der Waals surface area contributed by atoms with Gasteiger partial charge in [-0.3, -0.25) is 14.7 Å². The number of carbonyl (C=O) groups excluding carboxylic acids is 1. The lowest BCUT2D eigenvalue weighted by Gasteiger charge is -2.22. The van der Waals surface area contributed by atoms with Crippen LogP contribution in [0.2, 0.25) is 0 Å². The van der Waals surface area contributed by atoms with E-state index in [0.29, 0.717) is 33.4 Å². The van der Waals surface area contributed by atoms with Crippen molar-refractivity contribution >= 4 is 42.6 Å². The Bertz CT molecular complexity index is 1510. The van der Waals surface area contributed by atoms with Crippen LogP contribution in [-0.4, -0.2) is 83.3 Å². The van der Waals surface area contributed by atoms with E-state index in [0.717, 1.165) is 4.70 Å². The lowest BCUT2D eigenvalue weighted by Crippen LogP contribution is -2.36. The number of sulfonamides is 1. The maximum Gasteiger partial charge on any atom is 0.260 e. The summed E-state index contributed by atoms with van der Waals surface area (Å²) in [4.78, 5) is 24.6. The molecule has 0 fully saturated rings. The van der Waals surface area contributed by atoms with Gasteiger partial charge in [-0.25, -0.2) is 13.4 Å². The quantitative estimate of drug-likeness (QED) is 0.213. The lowest BCUT2D eigenvalue weighted by atomic mass is 10.2. The highest BCUT2D eigenvalue weighted by atomic mass is 32.2. The van der Waals surface area contributed by atoms with Crippen molar-refractivity contribution in [3.05, 3.63) is 72.1 Å². The summed E-state index contributed by atoms with van der Waals surface area (Å²) in [6.45, 7) is 0.960. The van der Waals surface area contributed by atoms with E-state index in [4.69, 9.17) is 23.9 Å². The number of carbonyl (C=O) groups is 1. The molecule has 0 radical (unpaired) electrons. The first-order chi connectivity index (χ1) is 19.8. The lowest BCUT2D eigenvalue weighted by molar-refractivity contribution is 0.0984. The molecule has 0 spiro atoms. The van der Waals surface area contributed by atoms with Gasteiger partial charge in [0.2, 0.25) is 10.0 Å². The number of ether oxygens (including phenoxy) is 4. The molecule has 1 amide bonds. The van der Waals surface area contributed by atoms with E-state index < -0.39 is 10.0 Å². The maximum atomic E-state index is 13.9. The minimum absolute atomic E-state index is 0.0620. The van der Waals surface area contributed by atoms with E-state index in [-0.39, 0.29) is 43.7 Å². The molecule has 4 aromatic rings. The van der Waals surface area contributed by atoms with Crippen LogP contribution >= 0.6 is 11.3 Å². The monoisotopic (exact) mass is 600 g/mol. The number of anilines is 1. The van der Waals surface area contributed by atoms with Crippen molar-refractivity contribution in [2.24, 2.45) is 0 Å². The molecule has 2 heterocycles. The third-order valence-electron chi connectivity index (χ3n) is 6.25. The molecule has 2 aromatic heterocycles. The molecular weight excluding hydrogens is 568 g/mol. The number of thiazole rings is 1.